The molecule has 0 amide bonds. The average Bonchev–Trinajstić information content (AvgIpc) is 2.26. The Morgan fingerprint density at radius 2 is 2.18 bits per heavy atom. The van der Waals surface area contributed by atoms with Gasteiger partial charge in [-0.05, 0) is 19.9 Å². The van der Waals surface area contributed by atoms with Gasteiger partial charge in [-0.3, -0.25) is 4.90 Å². The van der Waals surface area contributed by atoms with Crippen molar-refractivity contribution in [3.8, 4) is 0 Å². The Hall–Kier alpha value is -0.330. The standard InChI is InChI=1S/C11H21F3N2O/c1-3-16(8-11(12,13)14)9(2)6-10-7-17-5-4-15-10/h9-10,15H,3-8H2,1-2H3. The smallest absolute Gasteiger partial charge is 0.379 e. The molecule has 0 aromatic heterocycles. The van der Waals surface area contributed by atoms with E-state index in [2.05, 4.69) is 5.32 Å². The van der Waals surface area contributed by atoms with Crippen LogP contribution in [0.4, 0.5) is 13.2 Å². The Balaban J connectivity index is 2.39. The molecule has 0 radical (unpaired) electrons. The molecule has 3 nitrogen and oxygen atoms in total. The van der Waals surface area contributed by atoms with Crippen molar-refractivity contribution >= 4 is 0 Å². The van der Waals surface area contributed by atoms with Gasteiger partial charge in [0.05, 0.1) is 19.8 Å². The van der Waals surface area contributed by atoms with E-state index in [1.807, 2.05) is 6.92 Å². The summed E-state index contributed by atoms with van der Waals surface area (Å²) >= 11 is 0. The van der Waals surface area contributed by atoms with Crippen LogP contribution < -0.4 is 5.32 Å². The molecule has 0 aliphatic carbocycles. The van der Waals surface area contributed by atoms with Gasteiger partial charge in [0.25, 0.3) is 0 Å². The third-order valence-corrected chi connectivity index (χ3v) is 3.04. The van der Waals surface area contributed by atoms with Crippen LogP contribution in [0.1, 0.15) is 20.3 Å². The van der Waals surface area contributed by atoms with E-state index in [1.165, 1.54) is 4.90 Å². The zero-order chi connectivity index (χ0) is 12.9. The van der Waals surface area contributed by atoms with Crippen LogP contribution in [0.3, 0.4) is 0 Å². The number of alkyl halides is 3. The normalized spacial score (nSPS) is 24.0. The second-order valence-electron chi connectivity index (χ2n) is 4.49. The third kappa shape index (κ3) is 5.70. The average molecular weight is 254 g/mol. The first-order chi connectivity index (χ1) is 7.92. The van der Waals surface area contributed by atoms with Gasteiger partial charge >= 0.3 is 6.18 Å². The Morgan fingerprint density at radius 1 is 1.47 bits per heavy atom. The number of rotatable bonds is 5. The predicted octanol–water partition coefficient (Wildman–Crippen LogP) is 1.64. The molecule has 0 bridgehead atoms. The molecule has 2 unspecified atom stereocenters. The highest BCUT2D eigenvalue weighted by Crippen LogP contribution is 2.19. The Labute approximate surface area is 100 Å². The summed E-state index contributed by atoms with van der Waals surface area (Å²) in [5.41, 5.74) is 0. The van der Waals surface area contributed by atoms with Gasteiger partial charge < -0.3 is 10.1 Å². The monoisotopic (exact) mass is 254 g/mol. The van der Waals surface area contributed by atoms with Gasteiger partial charge in [-0.25, -0.2) is 0 Å². The first-order valence-corrected chi connectivity index (χ1v) is 6.04. The number of halogens is 3. The van der Waals surface area contributed by atoms with E-state index in [9.17, 15) is 13.2 Å². The summed E-state index contributed by atoms with van der Waals surface area (Å²) in [6, 6.07) is 0.0712. The van der Waals surface area contributed by atoms with Crippen molar-refractivity contribution in [3.05, 3.63) is 0 Å². The van der Waals surface area contributed by atoms with Crippen LogP contribution in [0.5, 0.6) is 0 Å². The van der Waals surface area contributed by atoms with Gasteiger partial charge in [-0.15, -0.1) is 0 Å². The van der Waals surface area contributed by atoms with Gasteiger partial charge in [0, 0.05) is 18.6 Å². The zero-order valence-electron chi connectivity index (χ0n) is 10.4. The van der Waals surface area contributed by atoms with Crippen LogP contribution in [0, 0.1) is 0 Å². The molecule has 1 aliphatic rings. The predicted molar refractivity (Wildman–Crippen MR) is 60.0 cm³/mol. The fourth-order valence-electron chi connectivity index (χ4n) is 2.14. The highest BCUT2D eigenvalue weighted by Gasteiger charge is 2.32. The fraction of sp³-hybridized carbons (Fsp3) is 1.00. The van der Waals surface area contributed by atoms with E-state index in [1.54, 1.807) is 6.92 Å². The Bertz CT molecular complexity index is 217. The first kappa shape index (κ1) is 14.7. The van der Waals surface area contributed by atoms with Crippen LogP contribution in [-0.2, 0) is 4.74 Å². The Morgan fingerprint density at radius 3 is 2.65 bits per heavy atom. The fourth-order valence-corrected chi connectivity index (χ4v) is 2.14. The van der Waals surface area contributed by atoms with E-state index in [-0.39, 0.29) is 12.1 Å². The van der Waals surface area contributed by atoms with Crippen LogP contribution in [0.25, 0.3) is 0 Å². The maximum absolute atomic E-state index is 12.3. The molecule has 1 rings (SSSR count). The summed E-state index contributed by atoms with van der Waals surface area (Å²) in [6.45, 7) is 5.23. The summed E-state index contributed by atoms with van der Waals surface area (Å²) in [4.78, 5) is 1.45. The number of ether oxygens (including phenoxy) is 1. The van der Waals surface area contributed by atoms with Crippen molar-refractivity contribution in [1.82, 2.24) is 10.2 Å². The molecule has 1 N–H and O–H groups in total. The zero-order valence-corrected chi connectivity index (χ0v) is 10.4. The van der Waals surface area contributed by atoms with Gasteiger partial charge in [0.15, 0.2) is 0 Å². The van der Waals surface area contributed by atoms with Crippen molar-refractivity contribution in [2.45, 2.75) is 38.5 Å². The number of nitrogens with one attached hydrogen (secondary N) is 1. The lowest BCUT2D eigenvalue weighted by Crippen LogP contribution is -2.47. The molecule has 1 aliphatic heterocycles. The molecule has 0 saturated carbocycles. The summed E-state index contributed by atoms with van der Waals surface area (Å²) in [7, 11) is 0. The Kier molecular flexibility index (Phi) is 5.69. The highest BCUT2D eigenvalue weighted by molar-refractivity contribution is 4.78. The maximum Gasteiger partial charge on any atom is 0.401 e. The van der Waals surface area contributed by atoms with Crippen molar-refractivity contribution in [3.63, 3.8) is 0 Å². The highest BCUT2D eigenvalue weighted by atomic mass is 19.4. The number of morpholine rings is 1. The second kappa shape index (κ2) is 6.56. The van der Waals surface area contributed by atoms with E-state index in [0.717, 1.165) is 6.54 Å². The minimum atomic E-state index is -4.12. The molecular formula is C11H21F3N2O. The summed E-state index contributed by atoms with van der Waals surface area (Å²) in [5.74, 6) is 0. The molecule has 102 valence electrons. The summed E-state index contributed by atoms with van der Waals surface area (Å²) in [5, 5.41) is 3.26. The molecule has 2 atom stereocenters. The van der Waals surface area contributed by atoms with Gasteiger partial charge in [-0.2, -0.15) is 13.2 Å². The SMILES string of the molecule is CCN(CC(F)(F)F)C(C)CC1COCCN1. The van der Waals surface area contributed by atoms with Crippen molar-refractivity contribution < 1.29 is 17.9 Å². The largest absolute Gasteiger partial charge is 0.401 e. The maximum atomic E-state index is 12.3. The van der Waals surface area contributed by atoms with E-state index in [4.69, 9.17) is 4.74 Å². The quantitative estimate of drug-likeness (QED) is 0.807. The second-order valence-corrected chi connectivity index (χ2v) is 4.49. The molecule has 17 heavy (non-hydrogen) atoms. The minimum Gasteiger partial charge on any atom is -0.379 e. The summed E-state index contributed by atoms with van der Waals surface area (Å²) in [6.07, 6.45) is -3.44. The molecular weight excluding hydrogens is 233 g/mol. The topological polar surface area (TPSA) is 24.5 Å². The lowest BCUT2D eigenvalue weighted by molar-refractivity contribution is -0.150. The third-order valence-electron chi connectivity index (χ3n) is 3.04. The summed E-state index contributed by atoms with van der Waals surface area (Å²) < 4.78 is 42.3. The van der Waals surface area contributed by atoms with Crippen molar-refractivity contribution in [2.75, 3.05) is 32.8 Å². The molecule has 1 heterocycles. The van der Waals surface area contributed by atoms with Crippen LogP contribution in [0.15, 0.2) is 0 Å². The molecule has 1 fully saturated rings. The van der Waals surface area contributed by atoms with Crippen LogP contribution in [0.2, 0.25) is 0 Å². The molecule has 0 spiro atoms. The lowest BCUT2D eigenvalue weighted by atomic mass is 10.1. The molecule has 1 saturated heterocycles. The molecule has 6 heteroatoms. The minimum absolute atomic E-state index is 0.0965. The number of nitrogens with zero attached hydrogens (tertiary/aromatic N) is 1. The van der Waals surface area contributed by atoms with E-state index >= 15 is 0 Å². The van der Waals surface area contributed by atoms with Crippen LogP contribution >= 0.6 is 0 Å². The first-order valence-electron chi connectivity index (χ1n) is 6.04. The van der Waals surface area contributed by atoms with E-state index < -0.39 is 12.7 Å². The molecule has 0 aromatic rings. The van der Waals surface area contributed by atoms with Crippen molar-refractivity contribution in [1.29, 1.82) is 0 Å². The van der Waals surface area contributed by atoms with E-state index in [0.29, 0.717) is 26.2 Å². The van der Waals surface area contributed by atoms with Crippen molar-refractivity contribution in [2.24, 2.45) is 0 Å². The lowest BCUT2D eigenvalue weighted by Gasteiger charge is -2.33. The molecule has 0 aromatic carbocycles. The van der Waals surface area contributed by atoms with Crippen LogP contribution in [-0.4, -0.2) is 56.0 Å². The number of hydrogen-bond donors (Lipinski definition) is 1. The number of hydrogen-bond acceptors (Lipinski definition) is 3. The van der Waals surface area contributed by atoms with Gasteiger partial charge in [-0.1, -0.05) is 6.92 Å². The van der Waals surface area contributed by atoms with Gasteiger partial charge in [0.1, 0.15) is 0 Å². The van der Waals surface area contributed by atoms with Gasteiger partial charge in [0.2, 0.25) is 0 Å².